The summed E-state index contributed by atoms with van der Waals surface area (Å²) in [5, 5.41) is 11.6. The zero-order valence-corrected chi connectivity index (χ0v) is 37.8. The molecular formula is C49H89NO7. The Morgan fingerprint density at radius 2 is 0.930 bits per heavy atom. The van der Waals surface area contributed by atoms with Crippen LogP contribution in [0.2, 0.25) is 0 Å². The summed E-state index contributed by atoms with van der Waals surface area (Å²) in [6.45, 7) is 4.64. The Bertz CT molecular complexity index is 1030. The molecule has 0 fully saturated rings. The van der Waals surface area contributed by atoms with Gasteiger partial charge in [-0.05, 0) is 38.5 Å². The van der Waals surface area contributed by atoms with Crippen molar-refractivity contribution in [2.45, 2.75) is 219 Å². The van der Waals surface area contributed by atoms with E-state index < -0.39 is 18.1 Å². The van der Waals surface area contributed by atoms with Crippen LogP contribution in [0.25, 0.3) is 0 Å². The first-order chi connectivity index (χ1) is 27.6. The maximum absolute atomic E-state index is 12.7. The van der Waals surface area contributed by atoms with Crippen molar-refractivity contribution in [3.63, 3.8) is 0 Å². The highest BCUT2D eigenvalue weighted by molar-refractivity contribution is 5.70. The molecule has 2 atom stereocenters. The Hall–Kier alpha value is -2.45. The lowest BCUT2D eigenvalue weighted by Gasteiger charge is -2.34. The molecule has 57 heavy (non-hydrogen) atoms. The molecule has 0 aliphatic carbocycles. The lowest BCUT2D eigenvalue weighted by molar-refractivity contribution is -0.889. The van der Waals surface area contributed by atoms with Crippen LogP contribution in [0.15, 0.2) is 36.5 Å². The van der Waals surface area contributed by atoms with Gasteiger partial charge in [-0.15, -0.1) is 0 Å². The maximum Gasteiger partial charge on any atom is 0.306 e. The van der Waals surface area contributed by atoms with E-state index in [1.54, 1.807) is 21.1 Å². The number of rotatable bonds is 42. The molecule has 332 valence electrons. The van der Waals surface area contributed by atoms with E-state index in [2.05, 4.69) is 50.3 Å². The van der Waals surface area contributed by atoms with Crippen molar-refractivity contribution in [3.05, 3.63) is 36.5 Å². The monoisotopic (exact) mass is 804 g/mol. The predicted octanol–water partition coefficient (Wildman–Crippen LogP) is 11.7. The molecular weight excluding hydrogens is 715 g/mol. The van der Waals surface area contributed by atoms with Gasteiger partial charge < -0.3 is 28.6 Å². The minimum absolute atomic E-state index is 0.0366. The van der Waals surface area contributed by atoms with Crippen molar-refractivity contribution < 1.29 is 38.2 Å². The van der Waals surface area contributed by atoms with Gasteiger partial charge in [0.15, 0.2) is 6.10 Å². The van der Waals surface area contributed by atoms with E-state index in [0.29, 0.717) is 12.8 Å². The van der Waals surface area contributed by atoms with Crippen LogP contribution in [0, 0.1) is 0 Å². The van der Waals surface area contributed by atoms with Crippen molar-refractivity contribution in [1.82, 2.24) is 0 Å². The Morgan fingerprint density at radius 1 is 0.526 bits per heavy atom. The number of carboxylic acid groups (broad SMARTS) is 1. The molecule has 0 aromatic heterocycles. The second kappa shape index (κ2) is 40.3. The van der Waals surface area contributed by atoms with Crippen LogP contribution in [0.1, 0.15) is 206 Å². The molecule has 0 aliphatic rings. The van der Waals surface area contributed by atoms with Gasteiger partial charge in [-0.2, -0.15) is 0 Å². The van der Waals surface area contributed by atoms with Crippen molar-refractivity contribution >= 4 is 17.9 Å². The largest absolute Gasteiger partial charge is 0.544 e. The lowest BCUT2D eigenvalue weighted by atomic mass is 10.0. The fourth-order valence-corrected chi connectivity index (χ4v) is 6.90. The molecule has 0 aliphatic heterocycles. The van der Waals surface area contributed by atoms with Crippen molar-refractivity contribution in [1.29, 1.82) is 0 Å². The number of carboxylic acids is 1. The summed E-state index contributed by atoms with van der Waals surface area (Å²) in [6.07, 6.45) is 45.9. The minimum Gasteiger partial charge on any atom is -0.544 e. The van der Waals surface area contributed by atoms with E-state index >= 15 is 0 Å². The summed E-state index contributed by atoms with van der Waals surface area (Å²) in [5.41, 5.74) is 0. The number of nitrogens with zero attached hydrogens (tertiary/aromatic N) is 1. The summed E-state index contributed by atoms with van der Waals surface area (Å²) < 4.78 is 17.2. The number of unbranched alkanes of at least 4 members (excludes halogenated alkanes) is 24. The Balaban J connectivity index is 4.34. The van der Waals surface area contributed by atoms with E-state index in [0.717, 1.165) is 64.2 Å². The number of likely N-dealkylation sites (N-methyl/N-ethyl adjacent to an activating group) is 1. The summed E-state index contributed by atoms with van der Waals surface area (Å²) >= 11 is 0. The van der Waals surface area contributed by atoms with E-state index in [-0.39, 0.29) is 42.7 Å². The lowest BCUT2D eigenvalue weighted by Crippen LogP contribution is -2.55. The first-order valence-electron chi connectivity index (χ1n) is 23.5. The van der Waals surface area contributed by atoms with Gasteiger partial charge >= 0.3 is 11.9 Å². The molecule has 0 radical (unpaired) electrons. The van der Waals surface area contributed by atoms with E-state index in [4.69, 9.17) is 14.2 Å². The molecule has 0 bridgehead atoms. The normalized spacial score (nSPS) is 13.2. The molecule has 0 aromatic carbocycles. The van der Waals surface area contributed by atoms with Gasteiger partial charge in [-0.3, -0.25) is 9.59 Å². The molecule has 0 amide bonds. The topological polar surface area (TPSA) is 102 Å². The Labute approximate surface area is 351 Å². The van der Waals surface area contributed by atoms with Crippen LogP contribution in [0.5, 0.6) is 0 Å². The van der Waals surface area contributed by atoms with Gasteiger partial charge in [0.2, 0.25) is 0 Å². The number of aliphatic carboxylic acids is 1. The molecule has 0 saturated carbocycles. The van der Waals surface area contributed by atoms with Crippen molar-refractivity contribution in [2.24, 2.45) is 0 Å². The number of ether oxygens (including phenoxy) is 3. The molecule has 0 N–H and O–H groups in total. The van der Waals surface area contributed by atoms with E-state index in [9.17, 15) is 19.5 Å². The summed E-state index contributed by atoms with van der Waals surface area (Å²) in [7, 11) is 5.41. The number of quaternary nitrogens is 1. The number of hydrogen-bond donors (Lipinski definition) is 0. The molecule has 0 aromatic rings. The summed E-state index contributed by atoms with van der Waals surface area (Å²) in [5.74, 6) is -1.75. The molecule has 0 spiro atoms. The standard InChI is InChI=1S/C49H89NO7/c1-6-8-10-12-14-16-18-20-22-23-24-26-27-29-31-33-35-37-39-47(51)56-44-45(43-55-42-41-46(49(53)54)50(3,4)5)57-48(52)40-38-36-34-32-30-28-25-21-19-17-15-13-11-9-7-2/h18,20,22-24,26,45-46H,6-17,19,21,25,27-44H2,1-5H3/b20-18+,23-22+,26-24+. The van der Waals surface area contributed by atoms with Crippen molar-refractivity contribution in [3.8, 4) is 0 Å². The Kier molecular flexibility index (Phi) is 38.6. The third kappa shape index (κ3) is 38.8. The first kappa shape index (κ1) is 54.6. The van der Waals surface area contributed by atoms with Gasteiger partial charge in [-0.25, -0.2) is 0 Å². The second-order valence-electron chi connectivity index (χ2n) is 17.1. The number of carbonyl (C=O) groups is 3. The fourth-order valence-electron chi connectivity index (χ4n) is 6.90. The molecule has 2 unspecified atom stereocenters. The van der Waals surface area contributed by atoms with Gasteiger partial charge in [0.25, 0.3) is 0 Å². The second-order valence-corrected chi connectivity index (χ2v) is 17.1. The molecule has 0 saturated heterocycles. The van der Waals surface area contributed by atoms with E-state index in [1.807, 2.05) is 0 Å². The molecule has 8 heteroatoms. The van der Waals surface area contributed by atoms with Gasteiger partial charge in [0.1, 0.15) is 12.6 Å². The SMILES string of the molecule is CCCCCCC/C=C/C=C/C=C/CCCCCCCC(=O)OCC(COCCC(C(=O)[O-])[N+](C)(C)C)OC(=O)CCCCCCCCCCCCCCCCC. The molecule has 0 rings (SSSR count). The van der Waals surface area contributed by atoms with Crippen LogP contribution in [-0.4, -0.2) is 75.5 Å². The molecule has 0 heterocycles. The zero-order chi connectivity index (χ0) is 42.1. The number of hydrogen-bond acceptors (Lipinski definition) is 7. The van der Waals surface area contributed by atoms with Crippen LogP contribution in [0.3, 0.4) is 0 Å². The minimum atomic E-state index is -1.13. The summed E-state index contributed by atoms with van der Waals surface area (Å²) in [4.78, 5) is 36.9. The highest BCUT2D eigenvalue weighted by Crippen LogP contribution is 2.15. The van der Waals surface area contributed by atoms with Crippen LogP contribution >= 0.6 is 0 Å². The van der Waals surface area contributed by atoms with Crippen LogP contribution in [0.4, 0.5) is 0 Å². The first-order valence-corrected chi connectivity index (χ1v) is 23.5. The number of carbonyl (C=O) groups excluding carboxylic acids is 3. The van der Waals surface area contributed by atoms with Gasteiger partial charge in [-0.1, -0.05) is 185 Å². The number of esters is 2. The van der Waals surface area contributed by atoms with Crippen molar-refractivity contribution in [2.75, 3.05) is 41.0 Å². The van der Waals surface area contributed by atoms with Crippen LogP contribution in [-0.2, 0) is 28.6 Å². The zero-order valence-electron chi connectivity index (χ0n) is 37.8. The third-order valence-electron chi connectivity index (χ3n) is 10.6. The average Bonchev–Trinajstić information content (AvgIpc) is 3.17. The predicted molar refractivity (Wildman–Crippen MR) is 236 cm³/mol. The number of allylic oxidation sites excluding steroid dienone is 6. The third-order valence-corrected chi connectivity index (χ3v) is 10.6. The summed E-state index contributed by atoms with van der Waals surface area (Å²) in [6, 6.07) is -0.727. The smallest absolute Gasteiger partial charge is 0.306 e. The maximum atomic E-state index is 12.7. The average molecular weight is 804 g/mol. The Morgan fingerprint density at radius 3 is 1.35 bits per heavy atom. The quantitative estimate of drug-likeness (QED) is 0.0262. The van der Waals surface area contributed by atoms with E-state index in [1.165, 1.54) is 109 Å². The fraction of sp³-hybridized carbons (Fsp3) is 0.816. The highest BCUT2D eigenvalue weighted by Gasteiger charge is 2.25. The molecule has 8 nitrogen and oxygen atoms in total. The van der Waals surface area contributed by atoms with Gasteiger partial charge in [0, 0.05) is 19.3 Å². The highest BCUT2D eigenvalue weighted by atomic mass is 16.6. The van der Waals surface area contributed by atoms with Crippen LogP contribution < -0.4 is 5.11 Å². The van der Waals surface area contributed by atoms with Gasteiger partial charge in [0.05, 0.1) is 40.3 Å².